The Balaban J connectivity index is 2.00. The molecule has 142 valence electrons. The van der Waals surface area contributed by atoms with E-state index in [0.717, 1.165) is 15.1 Å². The van der Waals surface area contributed by atoms with Crippen molar-refractivity contribution in [2.24, 2.45) is 0 Å². The maximum atomic E-state index is 12.7. The average molecular weight is 387 g/mol. The van der Waals surface area contributed by atoms with Gasteiger partial charge in [0.2, 0.25) is 15.9 Å². The number of para-hydroxylation sites is 2. The third kappa shape index (κ3) is 3.52. The molecule has 1 heterocycles. The van der Waals surface area contributed by atoms with E-state index in [9.17, 15) is 18.0 Å². The van der Waals surface area contributed by atoms with Crippen LogP contribution >= 0.6 is 0 Å². The van der Waals surface area contributed by atoms with E-state index in [1.807, 2.05) is 26.0 Å². The van der Waals surface area contributed by atoms with E-state index >= 15 is 0 Å². The van der Waals surface area contributed by atoms with Gasteiger partial charge in [-0.2, -0.15) is 3.97 Å². The van der Waals surface area contributed by atoms with Crippen LogP contribution in [-0.2, 0) is 21.4 Å². The Labute approximate surface area is 157 Å². The summed E-state index contributed by atoms with van der Waals surface area (Å²) >= 11 is 0. The van der Waals surface area contributed by atoms with Crippen molar-refractivity contribution in [3.8, 4) is 0 Å². The van der Waals surface area contributed by atoms with E-state index in [-0.39, 0.29) is 17.8 Å². The molecule has 3 rings (SSSR count). The van der Waals surface area contributed by atoms with Crippen LogP contribution in [0.3, 0.4) is 0 Å². The Morgan fingerprint density at radius 1 is 1.04 bits per heavy atom. The minimum atomic E-state index is -3.79. The van der Waals surface area contributed by atoms with Crippen LogP contribution in [0.5, 0.6) is 0 Å². The Morgan fingerprint density at radius 3 is 2.33 bits per heavy atom. The number of carbonyl (C=O) groups excluding carboxylic acids is 1. The average Bonchev–Trinajstić information content (AvgIpc) is 2.91. The molecule has 0 aliphatic carbocycles. The molecule has 1 N–H and O–H groups in total. The molecule has 27 heavy (non-hydrogen) atoms. The number of aryl methyl sites for hydroxylation is 2. The van der Waals surface area contributed by atoms with E-state index in [0.29, 0.717) is 11.2 Å². The van der Waals surface area contributed by atoms with Gasteiger partial charge in [-0.05, 0) is 56.2 Å². The van der Waals surface area contributed by atoms with Crippen molar-refractivity contribution in [2.45, 2.75) is 27.3 Å². The van der Waals surface area contributed by atoms with Gasteiger partial charge in [-0.25, -0.2) is 13.2 Å². The van der Waals surface area contributed by atoms with E-state index in [1.165, 1.54) is 11.5 Å². The molecule has 1 aromatic heterocycles. The quantitative estimate of drug-likeness (QED) is 0.727. The summed E-state index contributed by atoms with van der Waals surface area (Å²) in [6.07, 6.45) is 0. The van der Waals surface area contributed by atoms with Crippen LogP contribution in [0.15, 0.2) is 47.3 Å². The molecule has 0 aliphatic heterocycles. The topological polar surface area (TPSA) is 90.2 Å². The number of nitrogens with one attached hydrogen (secondary N) is 1. The number of nitrogens with zero attached hydrogens (tertiary/aromatic N) is 2. The van der Waals surface area contributed by atoms with Gasteiger partial charge >= 0.3 is 5.69 Å². The van der Waals surface area contributed by atoms with Crippen molar-refractivity contribution in [3.05, 3.63) is 64.1 Å². The van der Waals surface area contributed by atoms with Crippen LogP contribution < -0.4 is 11.0 Å². The number of carbonyl (C=O) groups is 1. The van der Waals surface area contributed by atoms with Crippen LogP contribution in [0.25, 0.3) is 11.0 Å². The van der Waals surface area contributed by atoms with Gasteiger partial charge in [-0.1, -0.05) is 18.2 Å². The van der Waals surface area contributed by atoms with Gasteiger partial charge in [0.15, 0.2) is 0 Å². The number of benzene rings is 2. The number of aromatic nitrogens is 2. The van der Waals surface area contributed by atoms with Crippen LogP contribution in [0.4, 0.5) is 5.69 Å². The number of imidazole rings is 1. The summed E-state index contributed by atoms with van der Waals surface area (Å²) in [7, 11) is -3.79. The van der Waals surface area contributed by atoms with Crippen LogP contribution in [0.2, 0.25) is 0 Å². The number of fused-ring (bicyclic) bond motifs is 1. The van der Waals surface area contributed by atoms with Crippen molar-refractivity contribution >= 4 is 32.7 Å². The highest BCUT2D eigenvalue weighted by atomic mass is 32.2. The van der Waals surface area contributed by atoms with Crippen molar-refractivity contribution in [1.29, 1.82) is 0 Å². The summed E-state index contributed by atoms with van der Waals surface area (Å²) in [5.74, 6) is -0.618. The third-order valence-electron chi connectivity index (χ3n) is 4.53. The lowest BCUT2D eigenvalue weighted by molar-refractivity contribution is -0.116. The molecule has 0 radical (unpaired) electrons. The monoisotopic (exact) mass is 387 g/mol. The molecule has 3 aromatic rings. The predicted octanol–water partition coefficient (Wildman–Crippen LogP) is 2.26. The van der Waals surface area contributed by atoms with Gasteiger partial charge in [-0.15, -0.1) is 0 Å². The fourth-order valence-corrected chi connectivity index (χ4v) is 3.94. The second kappa shape index (κ2) is 7.03. The van der Waals surface area contributed by atoms with Gasteiger partial charge < -0.3 is 5.32 Å². The van der Waals surface area contributed by atoms with Crippen molar-refractivity contribution in [1.82, 2.24) is 8.54 Å². The number of amides is 1. The van der Waals surface area contributed by atoms with E-state index in [1.54, 1.807) is 30.3 Å². The summed E-state index contributed by atoms with van der Waals surface area (Å²) in [5.41, 5.74) is 2.69. The molecular weight excluding hydrogens is 366 g/mol. The largest absolute Gasteiger partial charge is 0.343 e. The zero-order valence-electron chi connectivity index (χ0n) is 15.4. The first-order valence-corrected chi connectivity index (χ1v) is 10.2. The SMILES string of the molecule is CCS(=O)(=O)n1c(=O)n(CC(=O)Nc2ccc(C)c(C)c2)c2ccccc21. The first-order valence-electron chi connectivity index (χ1n) is 8.55. The number of rotatable bonds is 5. The second-order valence-corrected chi connectivity index (χ2v) is 8.48. The molecule has 2 aromatic carbocycles. The number of hydrogen-bond acceptors (Lipinski definition) is 4. The highest BCUT2D eigenvalue weighted by Gasteiger charge is 2.22. The van der Waals surface area contributed by atoms with E-state index < -0.39 is 21.6 Å². The maximum absolute atomic E-state index is 12.7. The molecule has 0 aliphatic rings. The molecule has 0 unspecified atom stereocenters. The van der Waals surface area contributed by atoms with Crippen LogP contribution in [0.1, 0.15) is 18.1 Å². The molecule has 0 saturated carbocycles. The van der Waals surface area contributed by atoms with Crippen LogP contribution in [-0.4, -0.2) is 28.6 Å². The van der Waals surface area contributed by atoms with Gasteiger partial charge in [0, 0.05) is 5.69 Å². The fraction of sp³-hybridized carbons (Fsp3) is 0.263. The van der Waals surface area contributed by atoms with Gasteiger partial charge in [-0.3, -0.25) is 9.36 Å². The zero-order valence-corrected chi connectivity index (χ0v) is 16.2. The minimum absolute atomic E-state index is 0.213. The smallest absolute Gasteiger partial charge is 0.325 e. The summed E-state index contributed by atoms with van der Waals surface area (Å²) in [6, 6.07) is 12.1. The third-order valence-corrected chi connectivity index (χ3v) is 6.17. The molecule has 0 fully saturated rings. The Morgan fingerprint density at radius 2 is 1.70 bits per heavy atom. The summed E-state index contributed by atoms with van der Waals surface area (Å²) in [5, 5.41) is 2.75. The highest BCUT2D eigenvalue weighted by molar-refractivity contribution is 7.90. The first kappa shape index (κ1) is 18.9. The van der Waals surface area contributed by atoms with Crippen molar-refractivity contribution < 1.29 is 13.2 Å². The maximum Gasteiger partial charge on any atom is 0.343 e. The molecule has 1 amide bonds. The summed E-state index contributed by atoms with van der Waals surface area (Å²) in [6.45, 7) is 5.11. The second-order valence-electron chi connectivity index (χ2n) is 6.37. The van der Waals surface area contributed by atoms with Crippen molar-refractivity contribution in [2.75, 3.05) is 11.1 Å². The zero-order chi connectivity index (χ0) is 19.8. The molecule has 8 heteroatoms. The number of hydrogen-bond donors (Lipinski definition) is 1. The summed E-state index contributed by atoms with van der Waals surface area (Å²) in [4.78, 5) is 25.2. The van der Waals surface area contributed by atoms with Gasteiger partial charge in [0.25, 0.3) is 0 Å². The molecule has 0 bridgehead atoms. The first-order chi connectivity index (χ1) is 12.7. The lowest BCUT2D eigenvalue weighted by atomic mass is 10.1. The fourth-order valence-electron chi connectivity index (χ4n) is 2.89. The standard InChI is InChI=1S/C19H21N3O4S/c1-4-27(25,26)22-17-8-6-5-7-16(17)21(19(22)24)12-18(23)20-15-10-9-13(2)14(3)11-15/h5-11H,4,12H2,1-3H3,(H,20,23). The summed E-state index contributed by atoms with van der Waals surface area (Å²) < 4.78 is 26.6. The highest BCUT2D eigenvalue weighted by Crippen LogP contribution is 2.17. The molecule has 7 nitrogen and oxygen atoms in total. The predicted molar refractivity (Wildman–Crippen MR) is 106 cm³/mol. The van der Waals surface area contributed by atoms with Gasteiger partial charge in [0.05, 0.1) is 16.8 Å². The Hall–Kier alpha value is -2.87. The van der Waals surface area contributed by atoms with Crippen molar-refractivity contribution in [3.63, 3.8) is 0 Å². The normalized spacial score (nSPS) is 11.7. The Kier molecular flexibility index (Phi) is 4.93. The minimum Gasteiger partial charge on any atom is -0.325 e. The lowest BCUT2D eigenvalue weighted by Gasteiger charge is -2.08. The molecule has 0 atom stereocenters. The van der Waals surface area contributed by atoms with Gasteiger partial charge in [0.1, 0.15) is 6.54 Å². The van der Waals surface area contributed by atoms with E-state index in [4.69, 9.17) is 0 Å². The Bertz CT molecular complexity index is 1190. The van der Waals surface area contributed by atoms with Crippen LogP contribution in [0, 0.1) is 13.8 Å². The lowest BCUT2D eigenvalue weighted by Crippen LogP contribution is -2.33. The molecule has 0 saturated heterocycles. The van der Waals surface area contributed by atoms with E-state index in [2.05, 4.69) is 5.32 Å². The molecular formula is C19H21N3O4S. The number of anilines is 1. The molecule has 0 spiro atoms.